The molecule has 1 aliphatic rings. The first-order chi connectivity index (χ1) is 12.1. The Labute approximate surface area is 150 Å². The Bertz CT molecular complexity index is 604. The Balaban J connectivity index is 2.01. The molecular formula is C21H29NO3. The zero-order valence-electron chi connectivity index (χ0n) is 15.4. The summed E-state index contributed by atoms with van der Waals surface area (Å²) in [6.45, 7) is 5.22. The molecule has 0 bridgehead atoms. The molecule has 0 saturated carbocycles. The highest BCUT2D eigenvalue weighted by Gasteiger charge is 2.18. The maximum Gasteiger partial charge on any atom is 0.307 e. The summed E-state index contributed by atoms with van der Waals surface area (Å²) in [6, 6.07) is 7.60. The maximum atomic E-state index is 12.9. The summed E-state index contributed by atoms with van der Waals surface area (Å²) < 4.78 is 5.00. The zero-order valence-corrected chi connectivity index (χ0v) is 15.4. The molecule has 1 amide bonds. The minimum absolute atomic E-state index is 0.0132. The molecule has 0 aromatic heterocycles. The summed E-state index contributed by atoms with van der Waals surface area (Å²) in [5.41, 5.74) is 3.23. The van der Waals surface area contributed by atoms with E-state index in [0.717, 1.165) is 24.8 Å². The van der Waals surface area contributed by atoms with Gasteiger partial charge in [0.1, 0.15) is 0 Å². The van der Waals surface area contributed by atoms with E-state index < -0.39 is 0 Å². The lowest BCUT2D eigenvalue weighted by Gasteiger charge is -2.24. The highest BCUT2D eigenvalue weighted by molar-refractivity contribution is 5.94. The van der Waals surface area contributed by atoms with E-state index in [-0.39, 0.29) is 18.3 Å². The number of carbonyl (C=O) groups is 2. The van der Waals surface area contributed by atoms with E-state index in [1.54, 1.807) is 11.8 Å². The largest absolute Gasteiger partial charge is 0.466 e. The van der Waals surface area contributed by atoms with Gasteiger partial charge in [-0.25, -0.2) is 0 Å². The molecule has 4 heteroatoms. The second kappa shape index (κ2) is 10.0. The molecule has 1 aromatic carbocycles. The Kier molecular flexibility index (Phi) is 7.71. The number of benzene rings is 1. The number of allylic oxidation sites excluding steroid dienone is 1. The second-order valence-corrected chi connectivity index (χ2v) is 6.57. The molecule has 1 aromatic rings. The van der Waals surface area contributed by atoms with E-state index in [9.17, 15) is 9.59 Å². The minimum Gasteiger partial charge on any atom is -0.466 e. The third kappa shape index (κ3) is 6.37. The first-order valence-corrected chi connectivity index (χ1v) is 9.29. The molecule has 0 N–H and O–H groups in total. The van der Waals surface area contributed by atoms with Crippen molar-refractivity contribution in [2.24, 2.45) is 0 Å². The lowest BCUT2D eigenvalue weighted by atomic mass is 9.97. The molecule has 0 spiro atoms. The van der Waals surface area contributed by atoms with Gasteiger partial charge in [0.05, 0.1) is 13.0 Å². The molecule has 0 radical (unpaired) electrons. The third-order valence-electron chi connectivity index (χ3n) is 4.56. The molecule has 0 unspecified atom stereocenters. The van der Waals surface area contributed by atoms with Crippen molar-refractivity contribution in [2.45, 2.75) is 52.4 Å². The summed E-state index contributed by atoms with van der Waals surface area (Å²) in [5.74, 6) is -0.262. The lowest BCUT2D eigenvalue weighted by molar-refractivity contribution is -0.143. The highest BCUT2D eigenvalue weighted by atomic mass is 16.5. The van der Waals surface area contributed by atoms with E-state index >= 15 is 0 Å². The van der Waals surface area contributed by atoms with Crippen molar-refractivity contribution in [1.29, 1.82) is 0 Å². The van der Waals surface area contributed by atoms with Gasteiger partial charge in [0.15, 0.2) is 0 Å². The number of rotatable bonds is 8. The molecule has 0 heterocycles. The Morgan fingerprint density at radius 3 is 2.52 bits per heavy atom. The molecule has 0 saturated heterocycles. The monoisotopic (exact) mass is 343 g/mol. The number of hydrogen-bond acceptors (Lipinski definition) is 3. The van der Waals surface area contributed by atoms with Crippen LogP contribution in [0.1, 0.15) is 61.4 Å². The predicted octanol–water partition coefficient (Wildman–Crippen LogP) is 4.28. The van der Waals surface area contributed by atoms with Gasteiger partial charge in [0, 0.05) is 18.7 Å². The van der Waals surface area contributed by atoms with Gasteiger partial charge in [0.25, 0.3) is 5.91 Å². The molecule has 0 fully saturated rings. The fourth-order valence-electron chi connectivity index (χ4n) is 3.06. The van der Waals surface area contributed by atoms with Crippen LogP contribution in [-0.4, -0.2) is 36.5 Å². The van der Waals surface area contributed by atoms with Crippen LogP contribution in [0.25, 0.3) is 0 Å². The van der Waals surface area contributed by atoms with Crippen molar-refractivity contribution in [2.75, 3.05) is 19.7 Å². The van der Waals surface area contributed by atoms with Crippen molar-refractivity contribution in [3.05, 3.63) is 47.0 Å². The van der Waals surface area contributed by atoms with Crippen molar-refractivity contribution in [3.63, 3.8) is 0 Å². The van der Waals surface area contributed by atoms with Gasteiger partial charge in [-0.05, 0) is 58.1 Å². The van der Waals surface area contributed by atoms with Crippen LogP contribution >= 0.6 is 0 Å². The number of nitrogens with zero attached hydrogens (tertiary/aromatic N) is 1. The molecule has 136 valence electrons. The summed E-state index contributed by atoms with van der Waals surface area (Å²) in [6.07, 6.45) is 8.21. The SMILES string of the molecule is CCOC(=O)CCN(CCC1=CCCCC1)C(=O)c1ccc(C)cc1. The average Bonchev–Trinajstić information content (AvgIpc) is 2.63. The third-order valence-corrected chi connectivity index (χ3v) is 4.56. The molecule has 0 atom stereocenters. The van der Waals surface area contributed by atoms with Crippen LogP contribution in [0.15, 0.2) is 35.9 Å². The van der Waals surface area contributed by atoms with E-state index in [1.807, 2.05) is 31.2 Å². The fourth-order valence-corrected chi connectivity index (χ4v) is 3.06. The Hall–Kier alpha value is -2.10. The molecular weight excluding hydrogens is 314 g/mol. The Morgan fingerprint density at radius 1 is 1.12 bits per heavy atom. The topological polar surface area (TPSA) is 46.6 Å². The maximum absolute atomic E-state index is 12.9. The van der Waals surface area contributed by atoms with Crippen LogP contribution in [0.5, 0.6) is 0 Å². The number of aryl methyl sites for hydroxylation is 1. The van der Waals surface area contributed by atoms with E-state index in [4.69, 9.17) is 4.74 Å². The minimum atomic E-state index is -0.249. The van der Waals surface area contributed by atoms with Crippen LogP contribution in [0, 0.1) is 6.92 Å². The number of carbonyl (C=O) groups excluding carboxylic acids is 2. The normalized spacial score (nSPS) is 13.9. The van der Waals surface area contributed by atoms with Gasteiger partial charge in [-0.15, -0.1) is 0 Å². The number of ether oxygens (including phenoxy) is 1. The van der Waals surface area contributed by atoms with Crippen molar-refractivity contribution in [3.8, 4) is 0 Å². The first-order valence-electron chi connectivity index (χ1n) is 9.29. The Morgan fingerprint density at radius 2 is 1.88 bits per heavy atom. The van der Waals surface area contributed by atoms with Gasteiger partial charge in [0.2, 0.25) is 0 Å². The van der Waals surface area contributed by atoms with Crippen LogP contribution in [0.3, 0.4) is 0 Å². The summed E-state index contributed by atoms with van der Waals surface area (Å²) in [4.78, 5) is 26.3. The smallest absolute Gasteiger partial charge is 0.307 e. The molecule has 4 nitrogen and oxygen atoms in total. The molecule has 1 aliphatic carbocycles. The fraction of sp³-hybridized carbons (Fsp3) is 0.524. The van der Waals surface area contributed by atoms with Crippen molar-refractivity contribution in [1.82, 2.24) is 4.90 Å². The van der Waals surface area contributed by atoms with Crippen LogP contribution in [0.4, 0.5) is 0 Å². The van der Waals surface area contributed by atoms with Crippen LogP contribution in [0.2, 0.25) is 0 Å². The molecule has 0 aliphatic heterocycles. The summed E-state index contributed by atoms with van der Waals surface area (Å²) >= 11 is 0. The molecule has 25 heavy (non-hydrogen) atoms. The summed E-state index contributed by atoms with van der Waals surface area (Å²) in [5, 5.41) is 0. The summed E-state index contributed by atoms with van der Waals surface area (Å²) in [7, 11) is 0. The van der Waals surface area contributed by atoms with Gasteiger partial charge in [-0.3, -0.25) is 9.59 Å². The highest BCUT2D eigenvalue weighted by Crippen LogP contribution is 2.21. The van der Waals surface area contributed by atoms with Crippen molar-refractivity contribution >= 4 is 11.9 Å². The van der Waals surface area contributed by atoms with Crippen molar-refractivity contribution < 1.29 is 14.3 Å². The number of esters is 1. The molecule has 2 rings (SSSR count). The van der Waals surface area contributed by atoms with Crippen LogP contribution < -0.4 is 0 Å². The van der Waals surface area contributed by atoms with E-state index in [1.165, 1.54) is 18.4 Å². The van der Waals surface area contributed by atoms with Crippen LogP contribution in [-0.2, 0) is 9.53 Å². The van der Waals surface area contributed by atoms with E-state index in [0.29, 0.717) is 25.3 Å². The first kappa shape index (κ1) is 19.2. The zero-order chi connectivity index (χ0) is 18.1. The van der Waals surface area contributed by atoms with Gasteiger partial charge in [-0.2, -0.15) is 0 Å². The predicted molar refractivity (Wildman–Crippen MR) is 99.5 cm³/mol. The number of hydrogen-bond donors (Lipinski definition) is 0. The lowest BCUT2D eigenvalue weighted by Crippen LogP contribution is -2.34. The second-order valence-electron chi connectivity index (χ2n) is 6.57. The standard InChI is InChI=1S/C21H29NO3/c1-3-25-20(23)14-16-22(15-13-18-7-5-4-6-8-18)21(24)19-11-9-17(2)10-12-19/h7,9-12H,3-6,8,13-16H2,1-2H3. The van der Waals surface area contributed by atoms with Gasteiger partial charge < -0.3 is 9.64 Å². The van der Waals surface area contributed by atoms with Gasteiger partial charge in [-0.1, -0.05) is 29.3 Å². The average molecular weight is 343 g/mol. The van der Waals surface area contributed by atoms with E-state index in [2.05, 4.69) is 6.08 Å². The number of amides is 1. The quantitative estimate of drug-likeness (QED) is 0.523. The van der Waals surface area contributed by atoms with Gasteiger partial charge >= 0.3 is 5.97 Å².